The molecule has 21 heavy (non-hydrogen) atoms. The van der Waals surface area contributed by atoms with Crippen molar-refractivity contribution in [3.8, 4) is 0 Å². The maximum absolute atomic E-state index is 13.1. The number of hydrogen-bond donors (Lipinski definition) is 1. The van der Waals surface area contributed by atoms with Crippen LogP contribution in [0, 0.1) is 5.82 Å². The fraction of sp³-hybridized carbons (Fsp3) is 0.143. The molecule has 2 aromatic rings. The van der Waals surface area contributed by atoms with E-state index in [1.54, 1.807) is 0 Å². The van der Waals surface area contributed by atoms with Crippen molar-refractivity contribution < 1.29 is 17.6 Å². The van der Waals surface area contributed by atoms with E-state index < -0.39 is 17.6 Å². The Hall–Kier alpha value is -1.08. The van der Waals surface area contributed by atoms with Crippen LogP contribution in [0.3, 0.4) is 0 Å². The topological polar surface area (TPSA) is 12.0 Å². The first-order valence-electron chi connectivity index (χ1n) is 5.82. The monoisotopic (exact) mass is 425 g/mol. The minimum absolute atomic E-state index is 0.0221. The predicted molar refractivity (Wildman–Crippen MR) is 80.6 cm³/mol. The third kappa shape index (κ3) is 4.20. The normalized spacial score (nSPS) is 11.5. The van der Waals surface area contributed by atoms with E-state index in [-0.39, 0.29) is 16.7 Å². The summed E-state index contributed by atoms with van der Waals surface area (Å²) in [4.78, 5) is 0. The molecule has 0 saturated carbocycles. The van der Waals surface area contributed by atoms with Crippen molar-refractivity contribution in [3.63, 3.8) is 0 Å². The minimum atomic E-state index is -4.45. The number of alkyl halides is 3. The second-order valence-electron chi connectivity index (χ2n) is 4.29. The van der Waals surface area contributed by atoms with Crippen molar-refractivity contribution in [2.24, 2.45) is 0 Å². The van der Waals surface area contributed by atoms with Gasteiger partial charge in [0.25, 0.3) is 0 Å². The van der Waals surface area contributed by atoms with E-state index in [2.05, 4.69) is 37.2 Å². The second kappa shape index (κ2) is 6.36. The molecule has 1 N–H and O–H groups in total. The molecule has 0 atom stereocenters. The first-order chi connectivity index (χ1) is 9.77. The van der Waals surface area contributed by atoms with Gasteiger partial charge in [0, 0.05) is 16.7 Å². The molecule has 0 heterocycles. The van der Waals surface area contributed by atoms with Crippen LogP contribution in [0.4, 0.5) is 23.2 Å². The summed E-state index contributed by atoms with van der Waals surface area (Å²) in [5, 5.41) is 2.73. The van der Waals surface area contributed by atoms with Gasteiger partial charge in [-0.15, -0.1) is 0 Å². The van der Waals surface area contributed by atoms with E-state index in [1.165, 1.54) is 30.3 Å². The number of hydrogen-bond acceptors (Lipinski definition) is 1. The lowest BCUT2D eigenvalue weighted by Gasteiger charge is -2.15. The van der Waals surface area contributed by atoms with Crippen LogP contribution in [-0.4, -0.2) is 0 Å². The number of nitrogens with one attached hydrogen (secondary N) is 1. The van der Waals surface area contributed by atoms with Crippen LogP contribution >= 0.6 is 31.9 Å². The summed E-state index contributed by atoms with van der Waals surface area (Å²) in [5.41, 5.74) is -0.108. The van der Waals surface area contributed by atoms with E-state index >= 15 is 0 Å². The Morgan fingerprint density at radius 2 is 1.71 bits per heavy atom. The number of anilines is 1. The third-order valence-corrected chi connectivity index (χ3v) is 3.85. The Bertz CT molecular complexity index is 656. The van der Waals surface area contributed by atoms with Gasteiger partial charge in [-0.2, -0.15) is 13.2 Å². The zero-order chi connectivity index (χ0) is 15.6. The molecular weight excluding hydrogens is 418 g/mol. The van der Waals surface area contributed by atoms with Crippen LogP contribution < -0.4 is 5.32 Å². The summed E-state index contributed by atoms with van der Waals surface area (Å²) < 4.78 is 52.6. The maximum atomic E-state index is 13.1. The molecule has 112 valence electrons. The fourth-order valence-electron chi connectivity index (χ4n) is 1.75. The van der Waals surface area contributed by atoms with E-state index in [0.717, 1.165) is 6.07 Å². The van der Waals surface area contributed by atoms with Gasteiger partial charge in [0.2, 0.25) is 0 Å². The van der Waals surface area contributed by atoms with Gasteiger partial charge in [0.05, 0.1) is 10.0 Å². The van der Waals surface area contributed by atoms with Gasteiger partial charge in [0.1, 0.15) is 5.82 Å². The quantitative estimate of drug-likeness (QED) is 0.595. The van der Waals surface area contributed by atoms with Gasteiger partial charge in [-0.25, -0.2) is 4.39 Å². The van der Waals surface area contributed by atoms with Gasteiger partial charge in [0.15, 0.2) is 0 Å². The molecule has 0 aliphatic heterocycles. The molecule has 0 amide bonds. The SMILES string of the molecule is Fc1ccc(CNc2ccc(Br)cc2C(F)(F)F)cc1Br. The van der Waals surface area contributed by atoms with Crippen molar-refractivity contribution in [1.82, 2.24) is 0 Å². The smallest absolute Gasteiger partial charge is 0.380 e. The Kier molecular flexibility index (Phi) is 4.93. The molecule has 0 saturated heterocycles. The first-order valence-corrected chi connectivity index (χ1v) is 7.40. The van der Waals surface area contributed by atoms with E-state index in [9.17, 15) is 17.6 Å². The van der Waals surface area contributed by atoms with Crippen molar-refractivity contribution in [2.75, 3.05) is 5.32 Å². The highest BCUT2D eigenvalue weighted by atomic mass is 79.9. The Morgan fingerprint density at radius 3 is 2.33 bits per heavy atom. The van der Waals surface area contributed by atoms with Crippen LogP contribution in [0.15, 0.2) is 45.3 Å². The lowest BCUT2D eigenvalue weighted by molar-refractivity contribution is -0.137. The Balaban J connectivity index is 2.22. The molecule has 0 unspecified atom stereocenters. The van der Waals surface area contributed by atoms with Gasteiger partial charge in [-0.3, -0.25) is 0 Å². The van der Waals surface area contributed by atoms with Crippen LogP contribution in [0.1, 0.15) is 11.1 Å². The molecule has 0 radical (unpaired) electrons. The molecule has 0 bridgehead atoms. The van der Waals surface area contributed by atoms with Crippen molar-refractivity contribution in [3.05, 3.63) is 62.3 Å². The molecule has 0 aliphatic carbocycles. The number of benzene rings is 2. The average Bonchev–Trinajstić information content (AvgIpc) is 2.40. The van der Waals surface area contributed by atoms with Crippen molar-refractivity contribution in [1.29, 1.82) is 0 Å². The maximum Gasteiger partial charge on any atom is 0.418 e. The highest BCUT2D eigenvalue weighted by molar-refractivity contribution is 9.10. The minimum Gasteiger partial charge on any atom is -0.380 e. The third-order valence-electron chi connectivity index (χ3n) is 2.75. The van der Waals surface area contributed by atoms with Crippen LogP contribution in [0.25, 0.3) is 0 Å². The van der Waals surface area contributed by atoms with Crippen LogP contribution in [-0.2, 0) is 12.7 Å². The van der Waals surface area contributed by atoms with E-state index in [1.807, 2.05) is 0 Å². The van der Waals surface area contributed by atoms with Gasteiger partial charge >= 0.3 is 6.18 Å². The molecule has 2 aromatic carbocycles. The van der Waals surface area contributed by atoms with Crippen molar-refractivity contribution in [2.45, 2.75) is 12.7 Å². The Labute approximate surface area is 135 Å². The summed E-state index contributed by atoms with van der Waals surface area (Å²) in [5.74, 6) is -0.418. The molecular formula is C14H9Br2F4N. The van der Waals surface area contributed by atoms with Crippen molar-refractivity contribution >= 4 is 37.5 Å². The molecule has 2 rings (SSSR count). The largest absolute Gasteiger partial charge is 0.418 e. The van der Waals surface area contributed by atoms with Gasteiger partial charge in [-0.05, 0) is 51.8 Å². The molecule has 0 spiro atoms. The zero-order valence-electron chi connectivity index (χ0n) is 10.4. The predicted octanol–water partition coefficient (Wildman–Crippen LogP) is 5.98. The van der Waals surface area contributed by atoms with Crippen LogP contribution in [0.5, 0.6) is 0 Å². The first kappa shape index (κ1) is 16.3. The standard InChI is InChI=1S/C14H9Br2F4N/c15-9-2-4-13(10(6-9)14(18,19)20)21-7-8-1-3-12(17)11(16)5-8/h1-6,21H,7H2. The molecule has 0 fully saturated rings. The second-order valence-corrected chi connectivity index (χ2v) is 6.06. The summed E-state index contributed by atoms with van der Waals surface area (Å²) >= 11 is 6.07. The number of rotatable bonds is 3. The van der Waals surface area contributed by atoms with E-state index in [4.69, 9.17) is 0 Å². The lowest BCUT2D eigenvalue weighted by atomic mass is 10.1. The van der Waals surface area contributed by atoms with Gasteiger partial charge < -0.3 is 5.32 Å². The average molecular weight is 427 g/mol. The summed E-state index contributed by atoms with van der Waals surface area (Å²) in [6.07, 6.45) is -4.45. The Morgan fingerprint density at radius 1 is 1.00 bits per heavy atom. The summed E-state index contributed by atoms with van der Waals surface area (Å²) in [6.45, 7) is 0.156. The lowest BCUT2D eigenvalue weighted by Crippen LogP contribution is -2.11. The highest BCUT2D eigenvalue weighted by Gasteiger charge is 2.33. The number of halogens is 6. The molecule has 1 nitrogen and oxygen atoms in total. The highest BCUT2D eigenvalue weighted by Crippen LogP contribution is 2.36. The van der Waals surface area contributed by atoms with Crippen LogP contribution in [0.2, 0.25) is 0 Å². The summed E-state index contributed by atoms with van der Waals surface area (Å²) in [7, 11) is 0. The fourth-order valence-corrected chi connectivity index (χ4v) is 2.54. The summed E-state index contributed by atoms with van der Waals surface area (Å²) in [6, 6.07) is 8.19. The molecule has 0 aliphatic rings. The van der Waals surface area contributed by atoms with Gasteiger partial charge in [-0.1, -0.05) is 22.0 Å². The molecule has 0 aromatic heterocycles. The molecule has 7 heteroatoms. The van der Waals surface area contributed by atoms with E-state index in [0.29, 0.717) is 10.0 Å². The zero-order valence-corrected chi connectivity index (χ0v) is 13.6.